The molecule has 8 heteroatoms. The lowest BCUT2D eigenvalue weighted by atomic mass is 10.1. The number of hydrogen-bond acceptors (Lipinski definition) is 5. The zero-order valence-corrected chi connectivity index (χ0v) is 14.7. The van der Waals surface area contributed by atoms with Crippen LogP contribution in [0.3, 0.4) is 0 Å². The van der Waals surface area contributed by atoms with Gasteiger partial charge in [0, 0.05) is 27.1 Å². The average Bonchev–Trinajstić information content (AvgIpc) is 2.85. The van der Waals surface area contributed by atoms with Crippen LogP contribution in [0, 0.1) is 5.92 Å². The molecule has 0 spiro atoms. The van der Waals surface area contributed by atoms with Crippen LogP contribution in [-0.4, -0.2) is 58.0 Å². The predicted octanol–water partition coefficient (Wildman–Crippen LogP) is 1.62. The maximum atomic E-state index is 12.2. The molecule has 1 N–H and O–H groups in total. The first-order valence-corrected chi connectivity index (χ1v) is 8.40. The van der Waals surface area contributed by atoms with Crippen LogP contribution in [0.25, 0.3) is 0 Å². The van der Waals surface area contributed by atoms with Gasteiger partial charge in [0.15, 0.2) is 11.0 Å². The third kappa shape index (κ3) is 5.67. The van der Waals surface area contributed by atoms with E-state index in [4.69, 9.17) is 0 Å². The van der Waals surface area contributed by atoms with Gasteiger partial charge >= 0.3 is 6.03 Å². The summed E-state index contributed by atoms with van der Waals surface area (Å²) in [6.45, 7) is 6.71. The average molecular weight is 327 g/mol. The zero-order chi connectivity index (χ0) is 16.7. The molecule has 0 atom stereocenters. The summed E-state index contributed by atoms with van der Waals surface area (Å²) in [5, 5.41) is 7.47. The van der Waals surface area contributed by atoms with Crippen LogP contribution in [0.5, 0.6) is 0 Å². The van der Waals surface area contributed by atoms with Crippen LogP contribution < -0.4 is 5.32 Å². The minimum atomic E-state index is -0.262. The van der Waals surface area contributed by atoms with Crippen molar-refractivity contribution >= 4 is 23.7 Å². The topological polar surface area (TPSA) is 80.1 Å². The van der Waals surface area contributed by atoms with Crippen molar-refractivity contribution in [2.24, 2.45) is 5.92 Å². The Bertz CT molecular complexity index is 513. The Hall–Kier alpha value is -1.57. The molecular formula is C14H25N5O2S. The van der Waals surface area contributed by atoms with Gasteiger partial charge in [-0.1, -0.05) is 25.6 Å². The van der Waals surface area contributed by atoms with Gasteiger partial charge in [-0.05, 0) is 19.3 Å². The van der Waals surface area contributed by atoms with Crippen LogP contribution in [0.2, 0.25) is 0 Å². The number of carbonyl (C=O) groups excluding carboxylic acids is 2. The summed E-state index contributed by atoms with van der Waals surface area (Å²) < 4.78 is 1.28. The standard InChI is InChI=1S/C14H25N5O2S/c1-6-15-12(20)9-22-13-16-11(8-7-10(2)3)17-19(13)14(21)18(4)5/h10H,6-9H2,1-5H3,(H,15,20). The fourth-order valence-corrected chi connectivity index (χ4v) is 2.42. The SMILES string of the molecule is CCNC(=O)CSc1nc(CCC(C)C)nn1C(=O)N(C)C. The van der Waals surface area contributed by atoms with E-state index < -0.39 is 0 Å². The molecule has 0 radical (unpaired) electrons. The zero-order valence-electron chi connectivity index (χ0n) is 13.9. The molecule has 0 saturated heterocycles. The lowest BCUT2D eigenvalue weighted by Crippen LogP contribution is -2.29. The lowest BCUT2D eigenvalue weighted by molar-refractivity contribution is -0.118. The maximum Gasteiger partial charge on any atom is 0.346 e. The second-order valence-corrected chi connectivity index (χ2v) is 6.52. The lowest BCUT2D eigenvalue weighted by Gasteiger charge is -2.10. The highest BCUT2D eigenvalue weighted by Crippen LogP contribution is 2.17. The number of nitrogens with zero attached hydrogens (tertiary/aromatic N) is 4. The van der Waals surface area contributed by atoms with Crippen LogP contribution >= 0.6 is 11.8 Å². The fourth-order valence-electron chi connectivity index (χ4n) is 1.65. The minimum Gasteiger partial charge on any atom is -0.356 e. The van der Waals surface area contributed by atoms with Gasteiger partial charge in [-0.3, -0.25) is 4.79 Å². The molecule has 124 valence electrons. The quantitative estimate of drug-likeness (QED) is 0.770. The highest BCUT2D eigenvalue weighted by atomic mass is 32.2. The van der Waals surface area contributed by atoms with Gasteiger partial charge in [-0.2, -0.15) is 4.68 Å². The number of nitrogens with one attached hydrogen (secondary N) is 1. The van der Waals surface area contributed by atoms with E-state index in [1.165, 1.54) is 21.3 Å². The van der Waals surface area contributed by atoms with Crippen molar-refractivity contribution in [1.29, 1.82) is 0 Å². The van der Waals surface area contributed by atoms with Crippen molar-refractivity contribution in [3.63, 3.8) is 0 Å². The van der Waals surface area contributed by atoms with Crippen LogP contribution in [0.15, 0.2) is 5.16 Å². The Morgan fingerprint density at radius 3 is 2.59 bits per heavy atom. The van der Waals surface area contributed by atoms with E-state index in [-0.39, 0.29) is 17.7 Å². The second kappa shape index (κ2) is 8.77. The Labute approximate surface area is 135 Å². The van der Waals surface area contributed by atoms with E-state index in [2.05, 4.69) is 29.2 Å². The fraction of sp³-hybridized carbons (Fsp3) is 0.714. The molecule has 1 aromatic heterocycles. The molecule has 7 nitrogen and oxygen atoms in total. The largest absolute Gasteiger partial charge is 0.356 e. The van der Waals surface area contributed by atoms with Crippen molar-refractivity contribution < 1.29 is 9.59 Å². The first kappa shape index (κ1) is 18.5. The van der Waals surface area contributed by atoms with E-state index >= 15 is 0 Å². The number of aryl methyl sites for hydroxylation is 1. The van der Waals surface area contributed by atoms with Gasteiger partial charge in [-0.25, -0.2) is 9.78 Å². The van der Waals surface area contributed by atoms with E-state index in [0.717, 1.165) is 12.8 Å². The van der Waals surface area contributed by atoms with E-state index in [0.29, 0.717) is 23.4 Å². The summed E-state index contributed by atoms with van der Waals surface area (Å²) in [5.41, 5.74) is 0. The summed E-state index contributed by atoms with van der Waals surface area (Å²) in [4.78, 5) is 29.6. The van der Waals surface area contributed by atoms with Crippen LogP contribution in [0.1, 0.15) is 33.0 Å². The number of thioether (sulfide) groups is 1. The smallest absolute Gasteiger partial charge is 0.346 e. The molecule has 0 aliphatic carbocycles. The predicted molar refractivity (Wildman–Crippen MR) is 87.1 cm³/mol. The molecule has 0 aliphatic rings. The van der Waals surface area contributed by atoms with Crippen LogP contribution in [0.4, 0.5) is 4.79 Å². The van der Waals surface area contributed by atoms with Crippen molar-refractivity contribution in [3.8, 4) is 0 Å². The number of rotatable bonds is 7. The van der Waals surface area contributed by atoms with Crippen molar-refractivity contribution in [2.45, 2.75) is 38.8 Å². The minimum absolute atomic E-state index is 0.0805. The van der Waals surface area contributed by atoms with Gasteiger partial charge in [0.25, 0.3) is 0 Å². The molecule has 0 saturated carbocycles. The van der Waals surface area contributed by atoms with Gasteiger partial charge < -0.3 is 10.2 Å². The summed E-state index contributed by atoms with van der Waals surface area (Å²) in [5.74, 6) is 1.32. The number of amides is 2. The Kier molecular flexibility index (Phi) is 7.37. The molecule has 1 heterocycles. The summed E-state index contributed by atoms with van der Waals surface area (Å²) in [7, 11) is 3.33. The number of carbonyl (C=O) groups is 2. The molecule has 2 amide bonds. The Morgan fingerprint density at radius 1 is 1.36 bits per heavy atom. The highest BCUT2D eigenvalue weighted by molar-refractivity contribution is 7.99. The highest BCUT2D eigenvalue weighted by Gasteiger charge is 2.19. The van der Waals surface area contributed by atoms with E-state index in [1.807, 2.05) is 6.92 Å². The van der Waals surface area contributed by atoms with Crippen molar-refractivity contribution in [2.75, 3.05) is 26.4 Å². The summed E-state index contributed by atoms with van der Waals surface area (Å²) in [6, 6.07) is -0.262. The molecule has 0 bridgehead atoms. The molecule has 0 aromatic carbocycles. The molecule has 0 unspecified atom stereocenters. The summed E-state index contributed by atoms with van der Waals surface area (Å²) in [6.07, 6.45) is 1.68. The van der Waals surface area contributed by atoms with E-state index in [1.54, 1.807) is 14.1 Å². The number of hydrogen-bond donors (Lipinski definition) is 1. The molecule has 1 aromatic rings. The van der Waals surface area contributed by atoms with Gasteiger partial charge in [0.2, 0.25) is 5.91 Å². The van der Waals surface area contributed by atoms with Crippen molar-refractivity contribution in [3.05, 3.63) is 5.82 Å². The molecule has 0 aliphatic heterocycles. The third-order valence-corrected chi connectivity index (χ3v) is 3.77. The second-order valence-electron chi connectivity index (χ2n) is 5.57. The maximum absolute atomic E-state index is 12.2. The monoisotopic (exact) mass is 327 g/mol. The van der Waals surface area contributed by atoms with Gasteiger partial charge in [0.05, 0.1) is 5.75 Å². The normalized spacial score (nSPS) is 10.8. The van der Waals surface area contributed by atoms with Crippen LogP contribution in [-0.2, 0) is 11.2 Å². The Balaban J connectivity index is 2.86. The van der Waals surface area contributed by atoms with Gasteiger partial charge in [-0.15, -0.1) is 5.10 Å². The molecule has 22 heavy (non-hydrogen) atoms. The van der Waals surface area contributed by atoms with Crippen molar-refractivity contribution in [1.82, 2.24) is 25.0 Å². The first-order valence-electron chi connectivity index (χ1n) is 7.42. The van der Waals surface area contributed by atoms with Gasteiger partial charge in [0.1, 0.15) is 0 Å². The first-order chi connectivity index (χ1) is 10.3. The van der Waals surface area contributed by atoms with E-state index in [9.17, 15) is 9.59 Å². The molecule has 0 fully saturated rings. The molecule has 1 rings (SSSR count). The third-order valence-electron chi connectivity index (χ3n) is 2.84. The number of aromatic nitrogens is 3. The summed E-state index contributed by atoms with van der Waals surface area (Å²) >= 11 is 1.23. The Morgan fingerprint density at radius 2 is 2.05 bits per heavy atom. The molecular weight excluding hydrogens is 302 g/mol.